The van der Waals surface area contributed by atoms with Gasteiger partial charge < -0.3 is 4.84 Å². The average molecular weight is 368 g/mol. The van der Waals surface area contributed by atoms with Gasteiger partial charge in [0.25, 0.3) is 11.8 Å². The zero-order chi connectivity index (χ0) is 19.7. The van der Waals surface area contributed by atoms with Crippen molar-refractivity contribution >= 4 is 17.8 Å². The molecular formula is C22H12N2O4. The minimum atomic E-state index is -0.863. The third kappa shape index (κ3) is 2.72. The van der Waals surface area contributed by atoms with Crippen LogP contribution in [0, 0.1) is 11.3 Å². The summed E-state index contributed by atoms with van der Waals surface area (Å²) >= 11 is 0. The molecular weight excluding hydrogens is 356 g/mol. The number of carbonyl (C=O) groups is 3. The van der Waals surface area contributed by atoms with Crippen LogP contribution in [0.5, 0.6) is 0 Å². The van der Waals surface area contributed by atoms with Gasteiger partial charge in [-0.3, -0.25) is 9.59 Å². The molecule has 0 aromatic heterocycles. The van der Waals surface area contributed by atoms with Gasteiger partial charge in [-0.05, 0) is 29.8 Å². The van der Waals surface area contributed by atoms with E-state index < -0.39 is 17.8 Å². The Morgan fingerprint density at radius 2 is 1.25 bits per heavy atom. The first-order chi connectivity index (χ1) is 13.6. The number of hydrogen-bond donors (Lipinski definition) is 0. The van der Waals surface area contributed by atoms with E-state index in [0.29, 0.717) is 21.8 Å². The fourth-order valence-electron chi connectivity index (χ4n) is 3.09. The minimum Gasteiger partial charge on any atom is -0.324 e. The second-order valence-electron chi connectivity index (χ2n) is 6.03. The van der Waals surface area contributed by atoms with Gasteiger partial charge in [-0.25, -0.2) is 4.79 Å². The molecule has 0 saturated heterocycles. The highest BCUT2D eigenvalue weighted by Crippen LogP contribution is 2.29. The maximum absolute atomic E-state index is 12.8. The van der Waals surface area contributed by atoms with Crippen molar-refractivity contribution in [2.75, 3.05) is 0 Å². The van der Waals surface area contributed by atoms with Gasteiger partial charge in [-0.1, -0.05) is 53.6 Å². The van der Waals surface area contributed by atoms with Crippen LogP contribution in [-0.4, -0.2) is 22.8 Å². The van der Waals surface area contributed by atoms with Crippen molar-refractivity contribution in [3.05, 3.63) is 95.1 Å². The Morgan fingerprint density at radius 1 is 0.750 bits per heavy atom. The maximum atomic E-state index is 12.8. The molecule has 1 aliphatic rings. The fourth-order valence-corrected chi connectivity index (χ4v) is 3.09. The van der Waals surface area contributed by atoms with Gasteiger partial charge in [0, 0.05) is 5.56 Å². The molecule has 0 atom stereocenters. The van der Waals surface area contributed by atoms with Crippen LogP contribution in [-0.2, 0) is 4.84 Å². The van der Waals surface area contributed by atoms with E-state index in [0.717, 1.165) is 0 Å². The van der Waals surface area contributed by atoms with E-state index in [9.17, 15) is 19.6 Å². The van der Waals surface area contributed by atoms with Crippen molar-refractivity contribution in [2.24, 2.45) is 0 Å². The lowest BCUT2D eigenvalue weighted by Gasteiger charge is -2.15. The molecule has 0 unspecified atom stereocenters. The van der Waals surface area contributed by atoms with E-state index in [-0.39, 0.29) is 16.7 Å². The number of rotatable bonds is 3. The summed E-state index contributed by atoms with van der Waals surface area (Å²) < 4.78 is 0. The van der Waals surface area contributed by atoms with E-state index >= 15 is 0 Å². The topological polar surface area (TPSA) is 87.5 Å². The lowest BCUT2D eigenvalue weighted by molar-refractivity contribution is -0.0584. The molecule has 4 rings (SSSR count). The number of nitrogens with zero attached hydrogens (tertiary/aromatic N) is 2. The Labute approximate surface area is 160 Å². The van der Waals surface area contributed by atoms with Gasteiger partial charge in [-0.15, -0.1) is 0 Å². The molecule has 1 heterocycles. The molecule has 6 nitrogen and oxygen atoms in total. The van der Waals surface area contributed by atoms with Crippen molar-refractivity contribution in [1.82, 2.24) is 5.06 Å². The summed E-state index contributed by atoms with van der Waals surface area (Å²) in [5.74, 6) is -2.24. The third-order valence-electron chi connectivity index (χ3n) is 4.42. The number of fused-ring (bicyclic) bond motifs is 1. The van der Waals surface area contributed by atoms with Crippen LogP contribution >= 0.6 is 0 Å². The number of amides is 2. The molecule has 0 N–H and O–H groups in total. The number of carbonyl (C=O) groups excluding carboxylic acids is 3. The Hall–Kier alpha value is -4.24. The Kier molecular flexibility index (Phi) is 4.18. The van der Waals surface area contributed by atoms with Gasteiger partial charge in [0.2, 0.25) is 0 Å². The molecule has 134 valence electrons. The van der Waals surface area contributed by atoms with Crippen molar-refractivity contribution in [2.45, 2.75) is 0 Å². The SMILES string of the molecule is N#Cc1ccccc1-c1ccccc1C(=O)ON1C(=O)c2ccccc2C1=O. The molecule has 0 aliphatic carbocycles. The zero-order valence-corrected chi connectivity index (χ0v) is 14.5. The van der Waals surface area contributed by atoms with E-state index in [4.69, 9.17) is 4.84 Å². The van der Waals surface area contributed by atoms with Crippen LogP contribution < -0.4 is 0 Å². The van der Waals surface area contributed by atoms with Gasteiger partial charge >= 0.3 is 5.97 Å². The third-order valence-corrected chi connectivity index (χ3v) is 4.42. The van der Waals surface area contributed by atoms with Crippen LogP contribution in [0.1, 0.15) is 36.6 Å². The Bertz CT molecular complexity index is 1140. The maximum Gasteiger partial charge on any atom is 0.364 e. The predicted octanol–water partition coefficient (Wildman–Crippen LogP) is 3.59. The molecule has 6 heteroatoms. The smallest absolute Gasteiger partial charge is 0.324 e. The molecule has 0 bridgehead atoms. The van der Waals surface area contributed by atoms with E-state index in [1.54, 1.807) is 54.6 Å². The quantitative estimate of drug-likeness (QED) is 0.659. The van der Waals surface area contributed by atoms with Crippen molar-refractivity contribution in [3.63, 3.8) is 0 Å². The van der Waals surface area contributed by atoms with Crippen LogP contribution in [0.25, 0.3) is 11.1 Å². The monoisotopic (exact) mass is 368 g/mol. The summed E-state index contributed by atoms with van der Waals surface area (Å²) in [6, 6.07) is 21.7. The lowest BCUT2D eigenvalue weighted by atomic mass is 9.96. The molecule has 2 amide bonds. The standard InChI is InChI=1S/C22H12N2O4/c23-13-14-7-1-2-8-15(14)16-9-3-6-12-19(16)22(27)28-24-20(25)17-10-4-5-11-18(17)21(24)26/h1-12H. The summed E-state index contributed by atoms with van der Waals surface area (Å²) in [5, 5.41) is 9.82. The van der Waals surface area contributed by atoms with Crippen molar-refractivity contribution in [1.29, 1.82) is 5.26 Å². The molecule has 0 spiro atoms. The number of benzene rings is 3. The largest absolute Gasteiger partial charge is 0.364 e. The summed E-state index contributed by atoms with van der Waals surface area (Å²) in [6.07, 6.45) is 0. The Balaban J connectivity index is 1.69. The van der Waals surface area contributed by atoms with Crippen molar-refractivity contribution in [3.8, 4) is 17.2 Å². The first-order valence-electron chi connectivity index (χ1n) is 8.40. The van der Waals surface area contributed by atoms with Crippen LogP contribution in [0.4, 0.5) is 0 Å². The number of hydroxylamine groups is 2. The molecule has 28 heavy (non-hydrogen) atoms. The van der Waals surface area contributed by atoms with Crippen molar-refractivity contribution < 1.29 is 19.2 Å². The molecule has 3 aromatic carbocycles. The van der Waals surface area contributed by atoms with Gasteiger partial charge in [-0.2, -0.15) is 5.26 Å². The zero-order valence-electron chi connectivity index (χ0n) is 14.5. The van der Waals surface area contributed by atoms with E-state index in [1.807, 2.05) is 0 Å². The van der Waals surface area contributed by atoms with E-state index in [2.05, 4.69) is 6.07 Å². The molecule has 0 fully saturated rings. The average Bonchev–Trinajstić information content (AvgIpc) is 2.98. The summed E-state index contributed by atoms with van der Waals surface area (Å²) in [6.45, 7) is 0. The van der Waals surface area contributed by atoms with Gasteiger partial charge in [0.1, 0.15) is 0 Å². The van der Waals surface area contributed by atoms with Crippen LogP contribution in [0.15, 0.2) is 72.8 Å². The second kappa shape index (κ2) is 6.82. The highest BCUT2D eigenvalue weighted by atomic mass is 16.7. The first kappa shape index (κ1) is 17.2. The molecule has 1 aliphatic heterocycles. The molecule has 3 aromatic rings. The van der Waals surface area contributed by atoms with Gasteiger partial charge in [0.05, 0.1) is 28.3 Å². The Morgan fingerprint density at radius 3 is 1.86 bits per heavy atom. The normalized spacial score (nSPS) is 12.5. The minimum absolute atomic E-state index is 0.141. The highest BCUT2D eigenvalue weighted by molar-refractivity contribution is 6.21. The predicted molar refractivity (Wildman–Crippen MR) is 99.0 cm³/mol. The van der Waals surface area contributed by atoms with Crippen LogP contribution in [0.2, 0.25) is 0 Å². The van der Waals surface area contributed by atoms with Gasteiger partial charge in [0.15, 0.2) is 0 Å². The molecule has 0 saturated carbocycles. The summed E-state index contributed by atoms with van der Waals surface area (Å²) in [4.78, 5) is 42.8. The van der Waals surface area contributed by atoms with Crippen LogP contribution in [0.3, 0.4) is 0 Å². The number of nitriles is 1. The number of imide groups is 1. The lowest BCUT2D eigenvalue weighted by Crippen LogP contribution is -2.32. The number of hydrogen-bond acceptors (Lipinski definition) is 5. The second-order valence-corrected chi connectivity index (χ2v) is 6.03. The summed E-state index contributed by atoms with van der Waals surface area (Å²) in [5.41, 5.74) is 1.93. The highest BCUT2D eigenvalue weighted by Gasteiger charge is 2.39. The summed E-state index contributed by atoms with van der Waals surface area (Å²) in [7, 11) is 0. The fraction of sp³-hybridized carbons (Fsp3) is 0. The first-order valence-corrected chi connectivity index (χ1v) is 8.40. The molecule has 0 radical (unpaired) electrons. The van der Waals surface area contributed by atoms with E-state index in [1.165, 1.54) is 18.2 Å².